The standard InChI is InChI=1S/C22H29N5O5/c1-26-19-18(20(29)25-22(26)30)27(21(24-19)23-14-6-4-3-5-7-14)12-15(28)13-32-17-10-8-16(31-2)9-11-17/h8-11,14-15,28H,3-7,12-13H2,1-2H3,(H,23,24)(H,25,29,30). The number of H-pyrrole nitrogens is 1. The molecule has 10 heteroatoms. The highest BCUT2D eigenvalue weighted by Gasteiger charge is 2.22. The summed E-state index contributed by atoms with van der Waals surface area (Å²) >= 11 is 0. The van der Waals surface area contributed by atoms with Crippen LogP contribution in [-0.4, -0.2) is 50.1 Å². The van der Waals surface area contributed by atoms with Gasteiger partial charge >= 0.3 is 5.69 Å². The molecule has 2 heterocycles. The second-order valence-electron chi connectivity index (χ2n) is 8.16. The van der Waals surface area contributed by atoms with Gasteiger partial charge in [0.05, 0.1) is 13.7 Å². The summed E-state index contributed by atoms with van der Waals surface area (Å²) in [6, 6.07) is 7.31. The molecule has 0 aliphatic heterocycles. The summed E-state index contributed by atoms with van der Waals surface area (Å²) in [5, 5.41) is 14.1. The molecule has 1 aliphatic carbocycles. The molecule has 2 aromatic heterocycles. The van der Waals surface area contributed by atoms with Gasteiger partial charge in [-0.05, 0) is 37.1 Å². The first-order valence-corrected chi connectivity index (χ1v) is 10.9. The maximum absolute atomic E-state index is 12.6. The van der Waals surface area contributed by atoms with Crippen LogP contribution in [0.4, 0.5) is 5.95 Å². The van der Waals surface area contributed by atoms with Crippen LogP contribution in [0.1, 0.15) is 32.1 Å². The molecule has 0 saturated heterocycles. The Bertz CT molecular complexity index is 1170. The van der Waals surface area contributed by atoms with Crippen molar-refractivity contribution in [2.24, 2.45) is 7.05 Å². The SMILES string of the molecule is COc1ccc(OCC(O)Cn2c(NC3CCCCC3)nc3c2c(=O)[nH]c(=O)n3C)cc1. The van der Waals surface area contributed by atoms with Crippen molar-refractivity contribution in [3.63, 3.8) is 0 Å². The number of aryl methyl sites for hydroxylation is 1. The van der Waals surface area contributed by atoms with Crippen LogP contribution in [0.25, 0.3) is 11.2 Å². The van der Waals surface area contributed by atoms with Gasteiger partial charge in [0.15, 0.2) is 11.2 Å². The Balaban J connectivity index is 1.58. The zero-order valence-electron chi connectivity index (χ0n) is 18.3. The van der Waals surface area contributed by atoms with Crippen molar-refractivity contribution in [3.8, 4) is 11.5 Å². The summed E-state index contributed by atoms with van der Waals surface area (Å²) in [6.07, 6.45) is 4.61. The van der Waals surface area contributed by atoms with Crippen molar-refractivity contribution in [1.29, 1.82) is 0 Å². The molecule has 10 nitrogen and oxygen atoms in total. The lowest BCUT2D eigenvalue weighted by Crippen LogP contribution is -2.31. The van der Waals surface area contributed by atoms with Crippen LogP contribution in [0.3, 0.4) is 0 Å². The third kappa shape index (κ3) is 4.64. The summed E-state index contributed by atoms with van der Waals surface area (Å²) in [6.45, 7) is 0.113. The van der Waals surface area contributed by atoms with Crippen molar-refractivity contribution in [2.75, 3.05) is 19.0 Å². The highest BCUT2D eigenvalue weighted by molar-refractivity contribution is 5.74. The molecule has 1 unspecified atom stereocenters. The minimum atomic E-state index is -0.905. The first-order valence-electron chi connectivity index (χ1n) is 10.9. The highest BCUT2D eigenvalue weighted by atomic mass is 16.5. The number of ether oxygens (including phenoxy) is 2. The van der Waals surface area contributed by atoms with Crippen molar-refractivity contribution < 1.29 is 14.6 Å². The number of aromatic amines is 1. The summed E-state index contributed by atoms with van der Waals surface area (Å²) in [7, 11) is 3.15. The molecule has 1 fully saturated rings. The number of aliphatic hydroxyl groups excluding tert-OH is 1. The summed E-state index contributed by atoms with van der Waals surface area (Å²) in [4.78, 5) is 31.5. The minimum absolute atomic E-state index is 0.0263. The van der Waals surface area contributed by atoms with E-state index in [-0.39, 0.29) is 30.4 Å². The lowest BCUT2D eigenvalue weighted by molar-refractivity contribution is 0.0937. The molecule has 0 bridgehead atoms. The fourth-order valence-electron chi connectivity index (χ4n) is 4.08. The van der Waals surface area contributed by atoms with E-state index >= 15 is 0 Å². The van der Waals surface area contributed by atoms with Gasteiger partial charge in [-0.1, -0.05) is 19.3 Å². The third-order valence-electron chi connectivity index (χ3n) is 5.84. The molecular formula is C22H29N5O5. The molecule has 3 N–H and O–H groups in total. The van der Waals surface area contributed by atoms with Gasteiger partial charge in [-0.15, -0.1) is 0 Å². The molecule has 0 radical (unpaired) electrons. The lowest BCUT2D eigenvalue weighted by Gasteiger charge is -2.24. The number of fused-ring (bicyclic) bond motifs is 1. The van der Waals surface area contributed by atoms with E-state index in [4.69, 9.17) is 9.47 Å². The van der Waals surface area contributed by atoms with E-state index in [1.54, 1.807) is 43.0 Å². The van der Waals surface area contributed by atoms with E-state index in [1.165, 1.54) is 11.0 Å². The second kappa shape index (κ2) is 9.47. The van der Waals surface area contributed by atoms with Crippen molar-refractivity contribution in [2.45, 2.75) is 50.8 Å². The minimum Gasteiger partial charge on any atom is -0.497 e. The second-order valence-corrected chi connectivity index (χ2v) is 8.16. The number of hydrogen-bond acceptors (Lipinski definition) is 7. The Hall–Kier alpha value is -3.27. The zero-order chi connectivity index (χ0) is 22.7. The van der Waals surface area contributed by atoms with Crippen LogP contribution >= 0.6 is 0 Å². The van der Waals surface area contributed by atoms with Gasteiger partial charge < -0.3 is 24.5 Å². The lowest BCUT2D eigenvalue weighted by atomic mass is 9.96. The number of aromatic nitrogens is 4. The van der Waals surface area contributed by atoms with E-state index < -0.39 is 17.4 Å². The van der Waals surface area contributed by atoms with Crippen molar-refractivity contribution in [3.05, 3.63) is 45.1 Å². The molecule has 0 spiro atoms. The van der Waals surface area contributed by atoms with Crippen molar-refractivity contribution >= 4 is 17.1 Å². The summed E-state index contributed by atoms with van der Waals surface area (Å²) < 4.78 is 13.8. The maximum atomic E-state index is 12.6. The van der Waals surface area contributed by atoms with Gasteiger partial charge in [0.2, 0.25) is 5.95 Å². The Morgan fingerprint density at radius 2 is 1.88 bits per heavy atom. The summed E-state index contributed by atoms with van der Waals surface area (Å²) in [5.74, 6) is 1.79. The van der Waals surface area contributed by atoms with Gasteiger partial charge in [-0.3, -0.25) is 14.3 Å². The molecule has 3 aromatic rings. The summed E-state index contributed by atoms with van der Waals surface area (Å²) in [5.41, 5.74) is -0.537. The van der Waals surface area contributed by atoms with Crippen LogP contribution < -0.4 is 26.0 Å². The number of hydrogen-bond donors (Lipinski definition) is 3. The molecule has 0 amide bonds. The first-order chi connectivity index (χ1) is 15.5. The topological polar surface area (TPSA) is 123 Å². The number of methoxy groups -OCH3 is 1. The zero-order valence-corrected chi connectivity index (χ0v) is 18.3. The van der Waals surface area contributed by atoms with Crippen LogP contribution in [0, 0.1) is 0 Å². The molecule has 1 atom stereocenters. The number of rotatable bonds is 8. The largest absolute Gasteiger partial charge is 0.497 e. The molecule has 1 saturated carbocycles. The molecule has 1 aromatic carbocycles. The fraction of sp³-hybridized carbons (Fsp3) is 0.500. The average Bonchev–Trinajstić information content (AvgIpc) is 3.15. The normalized spacial score (nSPS) is 15.6. The van der Waals surface area contributed by atoms with E-state index in [0.29, 0.717) is 17.4 Å². The van der Waals surface area contributed by atoms with E-state index in [1.807, 2.05) is 0 Å². The first kappa shape index (κ1) is 21.9. The van der Waals surface area contributed by atoms with Crippen molar-refractivity contribution in [1.82, 2.24) is 19.1 Å². The van der Waals surface area contributed by atoms with E-state index in [9.17, 15) is 14.7 Å². The maximum Gasteiger partial charge on any atom is 0.329 e. The van der Waals surface area contributed by atoms with E-state index in [0.717, 1.165) is 25.7 Å². The van der Waals surface area contributed by atoms with Gasteiger partial charge in [0.1, 0.15) is 24.2 Å². The predicted molar refractivity (Wildman–Crippen MR) is 121 cm³/mol. The highest BCUT2D eigenvalue weighted by Crippen LogP contribution is 2.24. The Morgan fingerprint density at radius 3 is 2.56 bits per heavy atom. The van der Waals surface area contributed by atoms with Gasteiger partial charge in [0, 0.05) is 13.1 Å². The Kier molecular flexibility index (Phi) is 6.50. The van der Waals surface area contributed by atoms with Crippen LogP contribution in [0.2, 0.25) is 0 Å². The third-order valence-corrected chi connectivity index (χ3v) is 5.84. The number of imidazole rings is 1. The van der Waals surface area contributed by atoms with Gasteiger partial charge in [-0.25, -0.2) is 4.79 Å². The van der Waals surface area contributed by atoms with Crippen LogP contribution in [-0.2, 0) is 13.6 Å². The average molecular weight is 444 g/mol. The predicted octanol–water partition coefficient (Wildman–Crippen LogP) is 1.62. The molecule has 1 aliphatic rings. The smallest absolute Gasteiger partial charge is 0.329 e. The van der Waals surface area contributed by atoms with Crippen LogP contribution in [0.15, 0.2) is 33.9 Å². The number of benzene rings is 1. The van der Waals surface area contributed by atoms with Gasteiger partial charge in [-0.2, -0.15) is 4.98 Å². The van der Waals surface area contributed by atoms with Gasteiger partial charge in [0.25, 0.3) is 5.56 Å². The van der Waals surface area contributed by atoms with Crippen LogP contribution in [0.5, 0.6) is 11.5 Å². The molecular weight excluding hydrogens is 414 g/mol. The Labute approximate surface area is 184 Å². The molecule has 32 heavy (non-hydrogen) atoms. The quantitative estimate of drug-likeness (QED) is 0.483. The fourth-order valence-corrected chi connectivity index (χ4v) is 4.08. The van der Waals surface area contributed by atoms with E-state index in [2.05, 4.69) is 15.3 Å². The number of anilines is 1. The molecule has 172 valence electrons. The number of nitrogens with zero attached hydrogens (tertiary/aromatic N) is 3. The molecule has 4 rings (SSSR count). The number of nitrogens with one attached hydrogen (secondary N) is 2. The number of aliphatic hydroxyl groups is 1. The Morgan fingerprint density at radius 1 is 1.19 bits per heavy atom. The monoisotopic (exact) mass is 443 g/mol.